The zero-order valence-corrected chi connectivity index (χ0v) is 11.2. The lowest BCUT2D eigenvalue weighted by atomic mass is 9.97. The highest BCUT2D eigenvalue weighted by Gasteiger charge is 2.13. The molecule has 0 aliphatic carbocycles. The average molecular weight is 263 g/mol. The Morgan fingerprint density at radius 1 is 1.53 bits per heavy atom. The lowest BCUT2D eigenvalue weighted by Gasteiger charge is -2.20. The van der Waals surface area contributed by atoms with Gasteiger partial charge in [-0.15, -0.1) is 0 Å². The van der Waals surface area contributed by atoms with Gasteiger partial charge in [-0.2, -0.15) is 5.26 Å². The zero-order chi connectivity index (χ0) is 14.5. The Kier molecular flexibility index (Phi) is 4.64. The predicted molar refractivity (Wildman–Crippen MR) is 69.6 cm³/mol. The second kappa shape index (κ2) is 6.00. The van der Waals surface area contributed by atoms with Gasteiger partial charge < -0.3 is 15.7 Å². The number of carboxylic acid groups (broad SMARTS) is 1. The number of carbonyl (C=O) groups is 1. The van der Waals surface area contributed by atoms with Crippen LogP contribution in [0, 0.1) is 16.7 Å². The highest BCUT2D eigenvalue weighted by atomic mass is 16.4. The van der Waals surface area contributed by atoms with E-state index < -0.39 is 6.09 Å². The fourth-order valence-corrected chi connectivity index (χ4v) is 1.26. The number of rotatable bonds is 4. The summed E-state index contributed by atoms with van der Waals surface area (Å²) in [4.78, 5) is 18.4. The average Bonchev–Trinajstić information content (AvgIpc) is 2.33. The number of nitrogens with zero attached hydrogens (tertiary/aromatic N) is 3. The zero-order valence-electron chi connectivity index (χ0n) is 11.2. The smallest absolute Gasteiger partial charge is 0.404 e. The molecule has 1 heterocycles. The maximum absolute atomic E-state index is 10.5. The molecule has 0 aliphatic rings. The highest BCUT2D eigenvalue weighted by Crippen LogP contribution is 2.17. The molecule has 1 aromatic rings. The topological polar surface area (TPSA) is 111 Å². The van der Waals surface area contributed by atoms with Crippen molar-refractivity contribution in [2.24, 2.45) is 5.41 Å². The van der Waals surface area contributed by atoms with Gasteiger partial charge in [0.1, 0.15) is 11.9 Å². The number of nitrogens with one attached hydrogen (secondary N) is 2. The van der Waals surface area contributed by atoms with Crippen molar-refractivity contribution in [3.05, 3.63) is 17.6 Å². The maximum Gasteiger partial charge on any atom is 0.404 e. The molecule has 19 heavy (non-hydrogen) atoms. The molecule has 0 atom stereocenters. The van der Waals surface area contributed by atoms with E-state index in [1.807, 2.05) is 6.07 Å². The van der Waals surface area contributed by atoms with E-state index >= 15 is 0 Å². The first-order valence-corrected chi connectivity index (χ1v) is 5.78. The van der Waals surface area contributed by atoms with Crippen LogP contribution >= 0.6 is 0 Å². The molecular weight excluding hydrogens is 246 g/mol. The van der Waals surface area contributed by atoms with Gasteiger partial charge in [-0.05, 0) is 5.41 Å². The lowest BCUT2D eigenvalue weighted by Crippen LogP contribution is -2.24. The Bertz CT molecular complexity index is 502. The summed E-state index contributed by atoms with van der Waals surface area (Å²) in [6.07, 6.45) is 0.332. The van der Waals surface area contributed by atoms with Crippen molar-refractivity contribution in [2.45, 2.75) is 27.3 Å². The fourth-order valence-electron chi connectivity index (χ4n) is 1.26. The summed E-state index contributed by atoms with van der Waals surface area (Å²) in [6.45, 7) is 6.91. The summed E-state index contributed by atoms with van der Waals surface area (Å²) < 4.78 is 0. The third-order valence-electron chi connectivity index (χ3n) is 2.18. The predicted octanol–water partition coefficient (Wildman–Crippen LogP) is 1.57. The quantitative estimate of drug-likeness (QED) is 0.760. The molecule has 1 amide bonds. The molecule has 0 fully saturated rings. The van der Waals surface area contributed by atoms with E-state index in [2.05, 4.69) is 41.4 Å². The molecule has 3 N–H and O–H groups in total. The summed E-state index contributed by atoms with van der Waals surface area (Å²) in [7, 11) is 0. The van der Waals surface area contributed by atoms with Gasteiger partial charge >= 0.3 is 6.09 Å². The van der Waals surface area contributed by atoms with Gasteiger partial charge in [0.05, 0.1) is 6.54 Å². The summed E-state index contributed by atoms with van der Waals surface area (Å²) in [5.41, 5.74) is 0.639. The molecule has 0 aromatic carbocycles. The first-order chi connectivity index (χ1) is 8.81. The van der Waals surface area contributed by atoms with Crippen LogP contribution < -0.4 is 10.6 Å². The van der Waals surface area contributed by atoms with Crippen molar-refractivity contribution >= 4 is 11.9 Å². The van der Waals surface area contributed by atoms with Gasteiger partial charge in [0.2, 0.25) is 5.82 Å². The lowest BCUT2D eigenvalue weighted by molar-refractivity contribution is 0.194. The van der Waals surface area contributed by atoms with Crippen molar-refractivity contribution in [2.75, 3.05) is 11.9 Å². The van der Waals surface area contributed by atoms with Crippen LogP contribution in [0.15, 0.2) is 6.20 Å². The Hall–Kier alpha value is -2.36. The van der Waals surface area contributed by atoms with Crippen LogP contribution in [0.4, 0.5) is 10.6 Å². The van der Waals surface area contributed by atoms with E-state index in [1.54, 1.807) is 0 Å². The molecule has 0 unspecified atom stereocenters. The van der Waals surface area contributed by atoms with Crippen LogP contribution in [-0.4, -0.2) is 27.7 Å². The molecule has 102 valence electrons. The summed E-state index contributed by atoms with van der Waals surface area (Å²) >= 11 is 0. The monoisotopic (exact) mass is 263 g/mol. The van der Waals surface area contributed by atoms with E-state index in [0.29, 0.717) is 17.9 Å². The second-order valence-corrected chi connectivity index (χ2v) is 5.25. The number of anilines is 1. The number of amides is 1. The molecule has 0 aliphatic heterocycles. The van der Waals surface area contributed by atoms with Crippen molar-refractivity contribution in [1.29, 1.82) is 5.26 Å². The summed E-state index contributed by atoms with van der Waals surface area (Å²) in [5, 5.41) is 22.8. The van der Waals surface area contributed by atoms with E-state index in [0.717, 1.165) is 0 Å². The summed E-state index contributed by atoms with van der Waals surface area (Å²) in [6, 6.07) is 1.86. The van der Waals surface area contributed by atoms with Crippen LogP contribution in [0.2, 0.25) is 0 Å². The van der Waals surface area contributed by atoms with Gasteiger partial charge in [0.25, 0.3) is 0 Å². The summed E-state index contributed by atoms with van der Waals surface area (Å²) in [5.74, 6) is 0.533. The van der Waals surface area contributed by atoms with Crippen LogP contribution in [-0.2, 0) is 6.54 Å². The second-order valence-electron chi connectivity index (χ2n) is 5.25. The van der Waals surface area contributed by atoms with E-state index in [9.17, 15) is 4.79 Å². The minimum absolute atomic E-state index is 0.0370. The normalized spacial score (nSPS) is 10.6. The Balaban J connectivity index is 2.89. The first-order valence-electron chi connectivity index (χ1n) is 5.78. The third-order valence-corrected chi connectivity index (χ3v) is 2.18. The van der Waals surface area contributed by atoms with Gasteiger partial charge in [0.15, 0.2) is 0 Å². The largest absolute Gasteiger partial charge is 0.465 e. The Morgan fingerprint density at radius 3 is 2.74 bits per heavy atom. The minimum Gasteiger partial charge on any atom is -0.465 e. The molecule has 7 nitrogen and oxygen atoms in total. The molecule has 0 saturated carbocycles. The minimum atomic E-state index is -1.12. The van der Waals surface area contributed by atoms with Gasteiger partial charge in [-0.1, -0.05) is 20.8 Å². The van der Waals surface area contributed by atoms with E-state index in [4.69, 9.17) is 10.4 Å². The molecule has 0 saturated heterocycles. The maximum atomic E-state index is 10.5. The SMILES string of the molecule is CC(C)(C)CNc1nc(C#N)ncc1CNC(=O)O. The van der Waals surface area contributed by atoms with Crippen molar-refractivity contribution in [3.63, 3.8) is 0 Å². The van der Waals surface area contributed by atoms with Gasteiger partial charge in [0, 0.05) is 18.3 Å². The molecule has 1 rings (SSSR count). The Morgan fingerprint density at radius 2 is 2.21 bits per heavy atom. The third kappa shape index (κ3) is 5.21. The van der Waals surface area contributed by atoms with Gasteiger partial charge in [-0.25, -0.2) is 14.8 Å². The molecule has 1 aromatic heterocycles. The number of nitriles is 1. The standard InChI is InChI=1S/C12H17N5O2/c1-12(2,3)7-16-10-8(6-15-11(18)19)5-14-9(4-13)17-10/h5,15H,6-7H2,1-3H3,(H,18,19)(H,14,16,17). The van der Waals surface area contributed by atoms with Gasteiger partial charge in [-0.3, -0.25) is 0 Å². The van der Waals surface area contributed by atoms with E-state index in [-0.39, 0.29) is 17.8 Å². The highest BCUT2D eigenvalue weighted by molar-refractivity contribution is 5.64. The number of hydrogen-bond acceptors (Lipinski definition) is 5. The Labute approximate surface area is 111 Å². The van der Waals surface area contributed by atoms with Crippen LogP contribution in [0.5, 0.6) is 0 Å². The first kappa shape index (κ1) is 14.7. The van der Waals surface area contributed by atoms with Crippen molar-refractivity contribution in [3.8, 4) is 6.07 Å². The number of aromatic nitrogens is 2. The molecule has 0 spiro atoms. The van der Waals surface area contributed by atoms with Crippen LogP contribution in [0.1, 0.15) is 32.2 Å². The van der Waals surface area contributed by atoms with Crippen molar-refractivity contribution < 1.29 is 9.90 Å². The van der Waals surface area contributed by atoms with Crippen LogP contribution in [0.3, 0.4) is 0 Å². The molecule has 7 heteroatoms. The molecule has 0 bridgehead atoms. The van der Waals surface area contributed by atoms with E-state index in [1.165, 1.54) is 6.20 Å². The fraction of sp³-hybridized carbons (Fsp3) is 0.500. The number of hydrogen-bond donors (Lipinski definition) is 3. The molecular formula is C12H17N5O2. The molecule has 0 radical (unpaired) electrons. The van der Waals surface area contributed by atoms with Crippen LogP contribution in [0.25, 0.3) is 0 Å². The van der Waals surface area contributed by atoms with Crippen molar-refractivity contribution in [1.82, 2.24) is 15.3 Å².